The summed E-state index contributed by atoms with van der Waals surface area (Å²) in [7, 11) is 1.58. The molecule has 0 fully saturated rings. The third kappa shape index (κ3) is 3.87. The average molecular weight is 276 g/mol. The van der Waals surface area contributed by atoms with Crippen LogP contribution in [0.25, 0.3) is 5.69 Å². The van der Waals surface area contributed by atoms with Crippen molar-refractivity contribution in [3.8, 4) is 5.69 Å². The first-order valence-electron chi connectivity index (χ1n) is 6.12. The van der Waals surface area contributed by atoms with E-state index in [0.717, 1.165) is 5.69 Å². The Morgan fingerprint density at radius 2 is 2.30 bits per heavy atom. The van der Waals surface area contributed by atoms with E-state index >= 15 is 0 Å². The van der Waals surface area contributed by atoms with E-state index in [1.807, 2.05) is 0 Å². The minimum Gasteiger partial charge on any atom is -0.382 e. The number of aromatic nitrogens is 3. The highest BCUT2D eigenvalue weighted by molar-refractivity contribution is 5.93. The highest BCUT2D eigenvalue weighted by Gasteiger charge is 2.08. The monoisotopic (exact) mass is 276 g/mol. The Morgan fingerprint density at radius 3 is 3.05 bits per heavy atom. The van der Waals surface area contributed by atoms with Gasteiger partial charge >= 0.3 is 0 Å². The fraction of sp³-hybridized carbons (Fsp3) is 0.308. The summed E-state index contributed by atoms with van der Waals surface area (Å²) in [5.74, 6) is -0.248. The molecule has 0 aliphatic heterocycles. The molecule has 2 rings (SSSR count). The zero-order valence-electron chi connectivity index (χ0n) is 11.2. The molecule has 7 nitrogen and oxygen atoms in total. The van der Waals surface area contributed by atoms with Crippen molar-refractivity contribution in [3.63, 3.8) is 0 Å². The van der Waals surface area contributed by atoms with Gasteiger partial charge in [0.05, 0.1) is 30.8 Å². The van der Waals surface area contributed by atoms with Gasteiger partial charge in [0.15, 0.2) is 0 Å². The van der Waals surface area contributed by atoms with Gasteiger partial charge in [0.2, 0.25) is 5.91 Å². The molecule has 106 valence electrons. The lowest BCUT2D eigenvalue weighted by Crippen LogP contribution is -2.20. The van der Waals surface area contributed by atoms with Crippen LogP contribution in [0.2, 0.25) is 0 Å². The first-order chi connectivity index (χ1) is 9.81. The lowest BCUT2D eigenvalue weighted by atomic mass is 10.3. The predicted octanol–water partition coefficient (Wildman–Crippen LogP) is 0.869. The lowest BCUT2D eigenvalue weighted by Gasteiger charge is -2.10. The first-order valence-corrected chi connectivity index (χ1v) is 6.12. The number of amides is 1. The quantitative estimate of drug-likeness (QED) is 0.759. The van der Waals surface area contributed by atoms with E-state index in [2.05, 4.69) is 15.4 Å². The summed E-state index contributed by atoms with van der Waals surface area (Å²) < 4.78 is 11.6. The van der Waals surface area contributed by atoms with Crippen molar-refractivity contribution in [2.24, 2.45) is 0 Å². The number of rotatable bonds is 7. The number of carbonyl (C=O) groups is 1. The van der Waals surface area contributed by atoms with Crippen LogP contribution in [0.15, 0.2) is 36.9 Å². The molecule has 2 heterocycles. The molecule has 1 N–H and O–H groups in total. The summed E-state index contributed by atoms with van der Waals surface area (Å²) in [6.07, 6.45) is 6.67. The first kappa shape index (κ1) is 14.2. The topological polar surface area (TPSA) is 78.3 Å². The van der Waals surface area contributed by atoms with Crippen molar-refractivity contribution in [2.75, 3.05) is 32.2 Å². The molecule has 0 radical (unpaired) electrons. The van der Waals surface area contributed by atoms with Crippen molar-refractivity contribution in [1.82, 2.24) is 14.8 Å². The number of anilines is 1. The number of carbonyl (C=O) groups excluding carboxylic acids is 1. The molecule has 20 heavy (non-hydrogen) atoms. The van der Waals surface area contributed by atoms with Gasteiger partial charge in [-0.15, -0.1) is 0 Å². The fourth-order valence-corrected chi connectivity index (χ4v) is 1.59. The minimum absolute atomic E-state index is 0.0310. The van der Waals surface area contributed by atoms with Gasteiger partial charge in [-0.3, -0.25) is 9.78 Å². The minimum atomic E-state index is -0.248. The van der Waals surface area contributed by atoms with Gasteiger partial charge in [-0.2, -0.15) is 5.10 Å². The van der Waals surface area contributed by atoms with Gasteiger partial charge < -0.3 is 14.8 Å². The van der Waals surface area contributed by atoms with Gasteiger partial charge in [-0.1, -0.05) is 0 Å². The number of pyridine rings is 1. The Morgan fingerprint density at radius 1 is 1.40 bits per heavy atom. The van der Waals surface area contributed by atoms with E-state index in [-0.39, 0.29) is 12.5 Å². The van der Waals surface area contributed by atoms with Crippen LogP contribution >= 0.6 is 0 Å². The average Bonchev–Trinajstić information content (AvgIpc) is 2.98. The fourth-order valence-electron chi connectivity index (χ4n) is 1.59. The third-order valence-corrected chi connectivity index (χ3v) is 2.49. The second-order valence-corrected chi connectivity index (χ2v) is 3.94. The van der Waals surface area contributed by atoms with Gasteiger partial charge in [0.25, 0.3) is 0 Å². The normalized spacial score (nSPS) is 10.4. The number of hydrogen-bond acceptors (Lipinski definition) is 5. The number of nitrogens with zero attached hydrogens (tertiary/aromatic N) is 3. The second-order valence-electron chi connectivity index (χ2n) is 3.94. The summed E-state index contributed by atoms with van der Waals surface area (Å²) in [4.78, 5) is 15.8. The van der Waals surface area contributed by atoms with E-state index in [4.69, 9.17) is 9.47 Å². The maximum atomic E-state index is 11.8. The zero-order valence-corrected chi connectivity index (χ0v) is 11.2. The van der Waals surface area contributed by atoms with Crippen LogP contribution in [0.5, 0.6) is 0 Å². The number of nitrogens with one attached hydrogen (secondary N) is 1. The largest absolute Gasteiger partial charge is 0.382 e. The van der Waals surface area contributed by atoms with Crippen molar-refractivity contribution in [3.05, 3.63) is 36.9 Å². The Hall–Kier alpha value is -2.25. The standard InChI is InChI=1S/C13H16N4O3/c1-19-7-8-20-10-13(18)16-11-9-14-5-3-12(11)17-6-2-4-15-17/h2-6,9H,7-8,10H2,1H3,(H,16,18). The molecule has 0 atom stereocenters. The number of methoxy groups -OCH3 is 1. The summed E-state index contributed by atoms with van der Waals surface area (Å²) in [6.45, 7) is 0.804. The van der Waals surface area contributed by atoms with Crippen LogP contribution in [0.1, 0.15) is 0 Å². The summed E-state index contributed by atoms with van der Waals surface area (Å²) in [6, 6.07) is 3.58. The molecule has 0 unspecified atom stereocenters. The molecule has 0 aliphatic rings. The van der Waals surface area contributed by atoms with Gasteiger partial charge in [-0.05, 0) is 12.1 Å². The molecular formula is C13H16N4O3. The summed E-state index contributed by atoms with van der Waals surface area (Å²) in [5.41, 5.74) is 1.33. The molecule has 0 saturated carbocycles. The van der Waals surface area contributed by atoms with E-state index in [1.54, 1.807) is 48.7 Å². The smallest absolute Gasteiger partial charge is 0.250 e. The van der Waals surface area contributed by atoms with Gasteiger partial charge in [0, 0.05) is 25.7 Å². The Bertz CT molecular complexity index is 542. The molecule has 2 aromatic rings. The highest BCUT2D eigenvalue weighted by atomic mass is 16.5. The maximum absolute atomic E-state index is 11.8. The van der Waals surface area contributed by atoms with E-state index < -0.39 is 0 Å². The van der Waals surface area contributed by atoms with Crippen LogP contribution in [0, 0.1) is 0 Å². The molecule has 7 heteroatoms. The maximum Gasteiger partial charge on any atom is 0.250 e. The molecule has 0 bridgehead atoms. The Balaban J connectivity index is 1.97. The lowest BCUT2D eigenvalue weighted by molar-refractivity contribution is -0.121. The molecule has 2 aromatic heterocycles. The predicted molar refractivity (Wildman–Crippen MR) is 72.7 cm³/mol. The zero-order chi connectivity index (χ0) is 14.2. The molecule has 0 spiro atoms. The van der Waals surface area contributed by atoms with Crippen LogP contribution in [-0.4, -0.2) is 47.6 Å². The van der Waals surface area contributed by atoms with Crippen molar-refractivity contribution in [2.45, 2.75) is 0 Å². The number of hydrogen-bond donors (Lipinski definition) is 1. The molecule has 0 aromatic carbocycles. The second kappa shape index (κ2) is 7.37. The van der Waals surface area contributed by atoms with Crippen LogP contribution in [0.3, 0.4) is 0 Å². The van der Waals surface area contributed by atoms with Crippen LogP contribution in [-0.2, 0) is 14.3 Å². The summed E-state index contributed by atoms with van der Waals surface area (Å²) in [5, 5.41) is 6.88. The van der Waals surface area contributed by atoms with Gasteiger partial charge in [0.1, 0.15) is 6.61 Å². The third-order valence-electron chi connectivity index (χ3n) is 2.49. The molecule has 1 amide bonds. The number of ether oxygens (including phenoxy) is 2. The molecule has 0 saturated heterocycles. The Kier molecular flexibility index (Phi) is 5.22. The van der Waals surface area contributed by atoms with Crippen LogP contribution in [0.4, 0.5) is 5.69 Å². The van der Waals surface area contributed by atoms with E-state index in [1.165, 1.54) is 0 Å². The van der Waals surface area contributed by atoms with E-state index in [9.17, 15) is 4.79 Å². The highest BCUT2D eigenvalue weighted by Crippen LogP contribution is 2.17. The van der Waals surface area contributed by atoms with E-state index in [0.29, 0.717) is 18.9 Å². The van der Waals surface area contributed by atoms with Crippen molar-refractivity contribution < 1.29 is 14.3 Å². The SMILES string of the molecule is COCCOCC(=O)Nc1cnccc1-n1cccn1. The van der Waals surface area contributed by atoms with Gasteiger partial charge in [-0.25, -0.2) is 4.68 Å². The van der Waals surface area contributed by atoms with Crippen molar-refractivity contribution in [1.29, 1.82) is 0 Å². The Labute approximate surface area is 116 Å². The van der Waals surface area contributed by atoms with Crippen molar-refractivity contribution >= 4 is 11.6 Å². The molecular weight excluding hydrogens is 260 g/mol. The van der Waals surface area contributed by atoms with Crippen LogP contribution < -0.4 is 5.32 Å². The summed E-state index contributed by atoms with van der Waals surface area (Å²) >= 11 is 0. The molecule has 0 aliphatic carbocycles.